The SMILES string of the molecule is CC(O)CNC(=O)C(C)(C)c1cccc(C(F)(F)F)c1. The normalized spacial score (nSPS) is 13.9. The summed E-state index contributed by atoms with van der Waals surface area (Å²) in [5, 5.41) is 11.6. The predicted octanol–water partition coefficient (Wildman–Crippen LogP) is 2.48. The fourth-order valence-corrected chi connectivity index (χ4v) is 1.68. The molecule has 2 N–H and O–H groups in total. The Morgan fingerprint density at radius 2 is 1.85 bits per heavy atom. The van der Waals surface area contributed by atoms with Crippen LogP contribution in [0.3, 0.4) is 0 Å². The van der Waals surface area contributed by atoms with Crippen LogP contribution in [0.15, 0.2) is 24.3 Å². The first-order chi connectivity index (χ1) is 9.05. The monoisotopic (exact) mass is 289 g/mol. The minimum Gasteiger partial charge on any atom is -0.392 e. The molecule has 0 bridgehead atoms. The van der Waals surface area contributed by atoms with E-state index >= 15 is 0 Å². The number of alkyl halides is 3. The van der Waals surface area contributed by atoms with Crippen LogP contribution in [0.5, 0.6) is 0 Å². The standard InChI is InChI=1S/C14H18F3NO2/c1-9(19)8-18-12(20)13(2,3)10-5-4-6-11(7-10)14(15,16)17/h4-7,9,19H,8H2,1-3H3,(H,18,20). The Hall–Kier alpha value is -1.56. The number of carbonyl (C=O) groups excluding carboxylic acids is 1. The summed E-state index contributed by atoms with van der Waals surface area (Å²) in [6.45, 7) is 4.65. The van der Waals surface area contributed by atoms with Gasteiger partial charge in [0, 0.05) is 6.54 Å². The highest BCUT2D eigenvalue weighted by molar-refractivity contribution is 5.87. The lowest BCUT2D eigenvalue weighted by Crippen LogP contribution is -2.42. The van der Waals surface area contributed by atoms with Crippen molar-refractivity contribution in [1.29, 1.82) is 0 Å². The zero-order valence-corrected chi connectivity index (χ0v) is 11.6. The molecule has 1 aromatic rings. The lowest BCUT2D eigenvalue weighted by molar-refractivity contribution is -0.138. The van der Waals surface area contributed by atoms with Crippen molar-refractivity contribution in [2.24, 2.45) is 0 Å². The molecule has 1 amide bonds. The smallest absolute Gasteiger partial charge is 0.392 e. The van der Waals surface area contributed by atoms with Gasteiger partial charge in [0.2, 0.25) is 5.91 Å². The first kappa shape index (κ1) is 16.5. The van der Waals surface area contributed by atoms with E-state index in [1.54, 1.807) is 13.8 Å². The van der Waals surface area contributed by atoms with Gasteiger partial charge in [0.25, 0.3) is 0 Å². The Kier molecular flexibility index (Phi) is 4.81. The molecule has 0 heterocycles. The molecule has 6 heteroatoms. The highest BCUT2D eigenvalue weighted by Gasteiger charge is 2.34. The van der Waals surface area contributed by atoms with Gasteiger partial charge in [0.1, 0.15) is 0 Å². The zero-order chi connectivity index (χ0) is 15.6. The van der Waals surface area contributed by atoms with Crippen LogP contribution in [0, 0.1) is 0 Å². The number of aliphatic hydroxyl groups excluding tert-OH is 1. The summed E-state index contributed by atoms with van der Waals surface area (Å²) >= 11 is 0. The number of hydrogen-bond acceptors (Lipinski definition) is 2. The van der Waals surface area contributed by atoms with Crippen LogP contribution in [0.2, 0.25) is 0 Å². The maximum absolute atomic E-state index is 12.7. The minimum absolute atomic E-state index is 0.0568. The van der Waals surface area contributed by atoms with Gasteiger partial charge in [-0.15, -0.1) is 0 Å². The Labute approximate surface area is 115 Å². The van der Waals surface area contributed by atoms with Crippen molar-refractivity contribution in [2.45, 2.75) is 38.5 Å². The number of halogens is 3. The minimum atomic E-state index is -4.44. The van der Waals surface area contributed by atoms with E-state index in [1.165, 1.54) is 19.1 Å². The molecule has 1 rings (SSSR count). The summed E-state index contributed by atoms with van der Waals surface area (Å²) < 4.78 is 38.0. The number of benzene rings is 1. The number of amides is 1. The van der Waals surface area contributed by atoms with E-state index in [4.69, 9.17) is 5.11 Å². The first-order valence-corrected chi connectivity index (χ1v) is 6.19. The second-order valence-electron chi connectivity index (χ2n) is 5.26. The van der Waals surface area contributed by atoms with Gasteiger partial charge in [-0.05, 0) is 32.4 Å². The van der Waals surface area contributed by atoms with Crippen molar-refractivity contribution >= 4 is 5.91 Å². The maximum atomic E-state index is 12.7. The number of nitrogens with one attached hydrogen (secondary N) is 1. The summed E-state index contributed by atoms with van der Waals surface area (Å²) in [6.07, 6.45) is -5.15. The van der Waals surface area contributed by atoms with Crippen LogP contribution in [-0.4, -0.2) is 23.7 Å². The topological polar surface area (TPSA) is 49.3 Å². The van der Waals surface area contributed by atoms with Crippen molar-refractivity contribution in [2.75, 3.05) is 6.54 Å². The fraction of sp³-hybridized carbons (Fsp3) is 0.500. The van der Waals surface area contributed by atoms with E-state index in [9.17, 15) is 18.0 Å². The largest absolute Gasteiger partial charge is 0.416 e. The van der Waals surface area contributed by atoms with E-state index < -0.39 is 29.2 Å². The van der Waals surface area contributed by atoms with Crippen molar-refractivity contribution in [1.82, 2.24) is 5.32 Å². The summed E-state index contributed by atoms with van der Waals surface area (Å²) in [4.78, 5) is 12.0. The molecular weight excluding hydrogens is 271 g/mol. The van der Waals surface area contributed by atoms with Gasteiger partial charge in [-0.25, -0.2) is 0 Å². The molecule has 0 aliphatic carbocycles. The molecule has 1 aromatic carbocycles. The van der Waals surface area contributed by atoms with Crippen molar-refractivity contribution in [3.8, 4) is 0 Å². The van der Waals surface area contributed by atoms with Crippen LogP contribution in [0.25, 0.3) is 0 Å². The lowest BCUT2D eigenvalue weighted by Gasteiger charge is -2.25. The van der Waals surface area contributed by atoms with Gasteiger partial charge in [-0.2, -0.15) is 13.2 Å². The summed E-state index contributed by atoms with van der Waals surface area (Å²) in [5.74, 6) is -0.433. The molecule has 0 aliphatic rings. The average Bonchev–Trinajstić information content (AvgIpc) is 2.34. The summed E-state index contributed by atoms with van der Waals surface area (Å²) in [7, 11) is 0. The fourth-order valence-electron chi connectivity index (χ4n) is 1.68. The summed E-state index contributed by atoms with van der Waals surface area (Å²) in [6, 6.07) is 4.70. The van der Waals surface area contributed by atoms with Crippen LogP contribution in [-0.2, 0) is 16.4 Å². The van der Waals surface area contributed by atoms with E-state index in [0.29, 0.717) is 0 Å². The van der Waals surface area contributed by atoms with Crippen LogP contribution in [0.1, 0.15) is 31.9 Å². The van der Waals surface area contributed by atoms with Crippen molar-refractivity contribution in [3.05, 3.63) is 35.4 Å². The molecule has 1 atom stereocenters. The Morgan fingerprint density at radius 1 is 1.30 bits per heavy atom. The lowest BCUT2D eigenvalue weighted by atomic mass is 9.83. The van der Waals surface area contributed by atoms with Gasteiger partial charge in [0.05, 0.1) is 17.1 Å². The highest BCUT2D eigenvalue weighted by atomic mass is 19.4. The second kappa shape index (κ2) is 5.83. The number of aliphatic hydroxyl groups is 1. The van der Waals surface area contributed by atoms with Crippen LogP contribution >= 0.6 is 0 Å². The zero-order valence-electron chi connectivity index (χ0n) is 11.6. The summed E-state index contributed by atoms with van der Waals surface area (Å²) in [5.41, 5.74) is -1.63. The van der Waals surface area contributed by atoms with E-state index in [1.807, 2.05) is 0 Å². The van der Waals surface area contributed by atoms with Gasteiger partial charge in [-0.3, -0.25) is 4.79 Å². The van der Waals surface area contributed by atoms with Gasteiger partial charge in [-0.1, -0.05) is 18.2 Å². The third-order valence-electron chi connectivity index (χ3n) is 3.04. The molecule has 112 valence electrons. The third-order valence-corrected chi connectivity index (χ3v) is 3.04. The van der Waals surface area contributed by atoms with Gasteiger partial charge < -0.3 is 10.4 Å². The molecule has 1 unspecified atom stereocenters. The predicted molar refractivity (Wildman–Crippen MR) is 69.2 cm³/mol. The quantitative estimate of drug-likeness (QED) is 0.894. The van der Waals surface area contributed by atoms with Gasteiger partial charge >= 0.3 is 6.18 Å². The Bertz CT molecular complexity index is 482. The van der Waals surface area contributed by atoms with E-state index in [2.05, 4.69) is 5.32 Å². The molecule has 0 fully saturated rings. The molecule has 0 spiro atoms. The van der Waals surface area contributed by atoms with Crippen LogP contribution < -0.4 is 5.32 Å². The van der Waals surface area contributed by atoms with Crippen LogP contribution in [0.4, 0.5) is 13.2 Å². The van der Waals surface area contributed by atoms with Crippen molar-refractivity contribution < 1.29 is 23.1 Å². The molecule has 3 nitrogen and oxygen atoms in total. The number of hydrogen-bond donors (Lipinski definition) is 2. The molecule has 0 aromatic heterocycles. The highest BCUT2D eigenvalue weighted by Crippen LogP contribution is 2.32. The molecule has 0 aliphatic heterocycles. The van der Waals surface area contributed by atoms with E-state index in [0.717, 1.165) is 12.1 Å². The first-order valence-electron chi connectivity index (χ1n) is 6.19. The van der Waals surface area contributed by atoms with Gasteiger partial charge in [0.15, 0.2) is 0 Å². The van der Waals surface area contributed by atoms with E-state index in [-0.39, 0.29) is 12.1 Å². The third kappa shape index (κ3) is 3.96. The molecular formula is C14H18F3NO2. The number of rotatable bonds is 4. The molecule has 20 heavy (non-hydrogen) atoms. The maximum Gasteiger partial charge on any atom is 0.416 e. The molecule has 0 saturated heterocycles. The molecule has 0 saturated carbocycles. The Morgan fingerprint density at radius 3 is 2.35 bits per heavy atom. The Balaban J connectivity index is 3.00. The average molecular weight is 289 g/mol. The second-order valence-corrected chi connectivity index (χ2v) is 5.26. The number of carbonyl (C=O) groups is 1. The van der Waals surface area contributed by atoms with Crippen molar-refractivity contribution in [3.63, 3.8) is 0 Å². The molecule has 0 radical (unpaired) electrons.